The summed E-state index contributed by atoms with van der Waals surface area (Å²) in [5, 5.41) is 31.1. The van der Waals surface area contributed by atoms with Crippen molar-refractivity contribution in [1.29, 1.82) is 0 Å². The third-order valence-electron chi connectivity index (χ3n) is 5.80. The van der Waals surface area contributed by atoms with Gasteiger partial charge in [-0.25, -0.2) is 0 Å². The topological polar surface area (TPSA) is 115 Å². The number of carbonyl (C=O) groups excluding carboxylic acids is 1. The number of ether oxygens (including phenoxy) is 4. The third kappa shape index (κ3) is 5.40. The van der Waals surface area contributed by atoms with Gasteiger partial charge in [-0.15, -0.1) is 0 Å². The second-order valence-electron chi connectivity index (χ2n) is 7.96. The lowest BCUT2D eigenvalue weighted by molar-refractivity contribution is -0.105. The maximum absolute atomic E-state index is 12.9. The lowest BCUT2D eigenvalue weighted by atomic mass is 9.92. The molecule has 1 aliphatic rings. The van der Waals surface area contributed by atoms with Crippen molar-refractivity contribution < 1.29 is 39.1 Å². The van der Waals surface area contributed by atoms with Gasteiger partial charge >= 0.3 is 0 Å². The first-order valence-electron chi connectivity index (χ1n) is 10.6. The van der Waals surface area contributed by atoms with E-state index in [0.29, 0.717) is 12.0 Å². The maximum atomic E-state index is 12.9. The summed E-state index contributed by atoms with van der Waals surface area (Å²) in [6, 6.07) is 6.06. The van der Waals surface area contributed by atoms with Crippen LogP contribution >= 0.6 is 0 Å². The van der Waals surface area contributed by atoms with E-state index in [2.05, 4.69) is 0 Å². The smallest absolute Gasteiger partial charge is 0.174 e. The Balaban J connectivity index is 1.81. The van der Waals surface area contributed by atoms with Crippen LogP contribution < -0.4 is 9.47 Å². The maximum Gasteiger partial charge on any atom is 0.174 e. The van der Waals surface area contributed by atoms with Gasteiger partial charge in [-0.05, 0) is 37.5 Å². The quantitative estimate of drug-likeness (QED) is 0.374. The Morgan fingerprint density at radius 1 is 1.15 bits per heavy atom. The second kappa shape index (κ2) is 10.6. The molecule has 0 bridgehead atoms. The number of hydrogen-bond acceptors (Lipinski definition) is 8. The molecule has 1 heterocycles. The number of allylic oxidation sites excluding steroid dienone is 2. The summed E-state index contributed by atoms with van der Waals surface area (Å²) >= 11 is 0. The van der Waals surface area contributed by atoms with Gasteiger partial charge in [0.1, 0.15) is 28.9 Å². The zero-order valence-corrected chi connectivity index (χ0v) is 19.3. The zero-order chi connectivity index (χ0) is 24.1. The van der Waals surface area contributed by atoms with Gasteiger partial charge in [0.2, 0.25) is 0 Å². The van der Waals surface area contributed by atoms with Crippen molar-refractivity contribution in [3.63, 3.8) is 0 Å². The summed E-state index contributed by atoms with van der Waals surface area (Å²) in [7, 11) is 4.60. The van der Waals surface area contributed by atoms with Crippen LogP contribution in [-0.4, -0.2) is 48.7 Å². The first-order chi connectivity index (χ1) is 15.8. The molecule has 3 rings (SSSR count). The standard InChI is InChI=1S/C25H30O8/c1-14(6-10-23(31-3)32-4)5-8-16-18(27)12-22-24(25(16)29)19(28)13-20(33-22)15-7-9-17(26)21(11-15)30-2/h5,7,9,11-12,20,23,26-27,29H,6,8,10,13H2,1-4H3/t20-/m0/s1. The number of methoxy groups -OCH3 is 3. The number of ketones is 1. The number of carbonyl (C=O) groups is 1. The Kier molecular flexibility index (Phi) is 7.84. The molecular formula is C25H30O8. The molecule has 0 radical (unpaired) electrons. The Labute approximate surface area is 193 Å². The van der Waals surface area contributed by atoms with Gasteiger partial charge in [0.15, 0.2) is 23.6 Å². The van der Waals surface area contributed by atoms with Gasteiger partial charge in [-0.1, -0.05) is 17.7 Å². The fourth-order valence-electron chi connectivity index (χ4n) is 3.84. The Morgan fingerprint density at radius 3 is 2.55 bits per heavy atom. The summed E-state index contributed by atoms with van der Waals surface area (Å²) in [5.74, 6) is -0.361. The summed E-state index contributed by atoms with van der Waals surface area (Å²) in [4.78, 5) is 12.9. The number of phenolic OH excluding ortho intramolecular Hbond substituents is 3. The van der Waals surface area contributed by atoms with E-state index >= 15 is 0 Å². The molecule has 0 spiro atoms. The second-order valence-corrected chi connectivity index (χ2v) is 7.96. The minimum atomic E-state index is -0.638. The van der Waals surface area contributed by atoms with Crippen LogP contribution in [0.25, 0.3) is 0 Å². The van der Waals surface area contributed by atoms with Crippen molar-refractivity contribution in [2.75, 3.05) is 21.3 Å². The molecular weight excluding hydrogens is 428 g/mol. The Morgan fingerprint density at radius 2 is 1.88 bits per heavy atom. The third-order valence-corrected chi connectivity index (χ3v) is 5.80. The monoisotopic (exact) mass is 458 g/mol. The van der Waals surface area contributed by atoms with E-state index in [9.17, 15) is 20.1 Å². The SMILES string of the molecule is COc1cc([C@@H]2CC(=O)c3c(cc(O)c(CC=C(C)CCC(OC)OC)c3O)O2)ccc1O. The largest absolute Gasteiger partial charge is 0.507 e. The van der Waals surface area contributed by atoms with Crippen LogP contribution in [0.4, 0.5) is 0 Å². The molecule has 8 nitrogen and oxygen atoms in total. The van der Waals surface area contributed by atoms with Gasteiger partial charge in [-0.2, -0.15) is 0 Å². The molecule has 0 unspecified atom stereocenters. The van der Waals surface area contributed by atoms with Crippen LogP contribution in [-0.2, 0) is 15.9 Å². The number of rotatable bonds is 9. The van der Waals surface area contributed by atoms with Crippen molar-refractivity contribution in [3.05, 3.63) is 52.6 Å². The number of benzene rings is 2. The molecule has 33 heavy (non-hydrogen) atoms. The molecule has 1 aliphatic heterocycles. The minimum absolute atomic E-state index is 0.00297. The van der Waals surface area contributed by atoms with E-state index in [4.69, 9.17) is 18.9 Å². The number of aromatic hydroxyl groups is 3. The Bertz CT molecular complexity index is 1040. The number of Topliss-reactive ketones (excluding diaryl/α,β-unsaturated/α-hetero) is 1. The molecule has 0 aliphatic carbocycles. The normalized spacial score (nSPS) is 16.0. The van der Waals surface area contributed by atoms with Gasteiger partial charge < -0.3 is 34.3 Å². The minimum Gasteiger partial charge on any atom is -0.507 e. The van der Waals surface area contributed by atoms with Crippen molar-refractivity contribution in [2.24, 2.45) is 0 Å². The molecule has 8 heteroatoms. The van der Waals surface area contributed by atoms with Crippen LogP contribution in [0.5, 0.6) is 28.7 Å². The van der Waals surface area contributed by atoms with E-state index < -0.39 is 6.10 Å². The molecule has 0 fully saturated rings. The van der Waals surface area contributed by atoms with E-state index in [1.807, 2.05) is 13.0 Å². The molecule has 0 saturated carbocycles. The Hall–Kier alpha value is -3.23. The highest BCUT2D eigenvalue weighted by Crippen LogP contribution is 2.45. The van der Waals surface area contributed by atoms with Gasteiger partial charge in [0.25, 0.3) is 0 Å². The van der Waals surface area contributed by atoms with Crippen molar-refractivity contribution in [3.8, 4) is 28.7 Å². The fraction of sp³-hybridized carbons (Fsp3) is 0.400. The van der Waals surface area contributed by atoms with Crippen LogP contribution in [0.2, 0.25) is 0 Å². The first-order valence-corrected chi connectivity index (χ1v) is 10.6. The number of hydrogen-bond donors (Lipinski definition) is 3. The predicted octanol–water partition coefficient (Wildman–Crippen LogP) is 4.41. The highest BCUT2D eigenvalue weighted by molar-refractivity contribution is 6.03. The average Bonchev–Trinajstić information content (AvgIpc) is 2.79. The van der Waals surface area contributed by atoms with E-state index in [1.54, 1.807) is 26.4 Å². The summed E-state index contributed by atoms with van der Waals surface area (Å²) in [6.07, 6.45) is 2.61. The van der Waals surface area contributed by atoms with Crippen LogP contribution in [0.1, 0.15) is 53.8 Å². The highest BCUT2D eigenvalue weighted by atomic mass is 16.7. The lowest BCUT2D eigenvalue weighted by Gasteiger charge is -2.27. The van der Waals surface area contributed by atoms with Gasteiger partial charge in [0, 0.05) is 32.3 Å². The fourth-order valence-corrected chi connectivity index (χ4v) is 3.84. The number of phenols is 3. The zero-order valence-electron chi connectivity index (χ0n) is 19.3. The molecule has 1 atom stereocenters. The number of fused-ring (bicyclic) bond motifs is 1. The summed E-state index contributed by atoms with van der Waals surface area (Å²) in [6.45, 7) is 1.94. The molecule has 2 aromatic carbocycles. The van der Waals surface area contributed by atoms with Crippen molar-refractivity contribution in [2.45, 2.75) is 45.0 Å². The summed E-state index contributed by atoms with van der Waals surface area (Å²) in [5.41, 5.74) is 2.00. The molecule has 0 amide bonds. The van der Waals surface area contributed by atoms with Crippen LogP contribution in [0.15, 0.2) is 35.9 Å². The molecule has 3 N–H and O–H groups in total. The van der Waals surface area contributed by atoms with Crippen molar-refractivity contribution >= 4 is 5.78 Å². The average molecular weight is 459 g/mol. The predicted molar refractivity (Wildman–Crippen MR) is 121 cm³/mol. The molecule has 178 valence electrons. The van der Waals surface area contributed by atoms with E-state index in [1.165, 1.54) is 19.2 Å². The van der Waals surface area contributed by atoms with Crippen molar-refractivity contribution in [1.82, 2.24) is 0 Å². The molecule has 0 saturated heterocycles. The lowest BCUT2D eigenvalue weighted by Crippen LogP contribution is -2.21. The van der Waals surface area contributed by atoms with Crippen LogP contribution in [0.3, 0.4) is 0 Å². The van der Waals surface area contributed by atoms with E-state index in [-0.39, 0.29) is 64.8 Å². The van der Waals surface area contributed by atoms with Gasteiger partial charge in [0.05, 0.1) is 13.5 Å². The first kappa shape index (κ1) is 24.4. The summed E-state index contributed by atoms with van der Waals surface area (Å²) < 4.78 is 21.4. The van der Waals surface area contributed by atoms with E-state index in [0.717, 1.165) is 12.0 Å². The van der Waals surface area contributed by atoms with Crippen LogP contribution in [0, 0.1) is 0 Å². The molecule has 0 aromatic heterocycles. The molecule has 2 aromatic rings. The van der Waals surface area contributed by atoms with Gasteiger partial charge in [-0.3, -0.25) is 4.79 Å². The highest BCUT2D eigenvalue weighted by Gasteiger charge is 2.33.